The second-order valence-electron chi connectivity index (χ2n) is 5.12. The molecule has 4 rings (SSSR count). The molecule has 21 heavy (non-hydrogen) atoms. The van der Waals surface area contributed by atoms with E-state index in [4.69, 9.17) is 0 Å². The van der Waals surface area contributed by atoms with Gasteiger partial charge >= 0.3 is 0 Å². The summed E-state index contributed by atoms with van der Waals surface area (Å²) in [4.78, 5) is 5.68. The Labute approximate surface area is 125 Å². The Morgan fingerprint density at radius 2 is 1.95 bits per heavy atom. The summed E-state index contributed by atoms with van der Waals surface area (Å²) in [5.74, 6) is -0.214. The van der Waals surface area contributed by atoms with Crippen LogP contribution in [0.4, 0.5) is 4.39 Å². The van der Waals surface area contributed by atoms with Gasteiger partial charge in [-0.1, -0.05) is 30.3 Å². The molecule has 0 saturated heterocycles. The number of aromatic nitrogens is 1. The molecule has 4 heteroatoms. The molecule has 0 aliphatic heterocycles. The van der Waals surface area contributed by atoms with Gasteiger partial charge in [0.05, 0.1) is 5.69 Å². The molecule has 0 bridgehead atoms. The zero-order chi connectivity index (χ0) is 14.4. The second kappa shape index (κ2) is 4.76. The van der Waals surface area contributed by atoms with Gasteiger partial charge in [-0.05, 0) is 29.3 Å². The zero-order valence-electron chi connectivity index (χ0n) is 11.1. The van der Waals surface area contributed by atoms with Crippen LogP contribution in [0.2, 0.25) is 0 Å². The fourth-order valence-corrected chi connectivity index (χ4v) is 3.82. The number of aliphatic hydroxyl groups is 1. The highest BCUT2D eigenvalue weighted by molar-refractivity contribution is 7.12. The maximum atomic E-state index is 13.3. The van der Waals surface area contributed by atoms with Crippen molar-refractivity contribution in [1.29, 1.82) is 0 Å². The van der Waals surface area contributed by atoms with Gasteiger partial charge in [-0.3, -0.25) is 0 Å². The van der Waals surface area contributed by atoms with Crippen LogP contribution in [0.25, 0.3) is 11.3 Å². The molecule has 1 unspecified atom stereocenters. The van der Waals surface area contributed by atoms with Crippen LogP contribution >= 0.6 is 11.3 Å². The summed E-state index contributed by atoms with van der Waals surface area (Å²) >= 11 is 1.50. The molecule has 1 heterocycles. The molecule has 0 saturated carbocycles. The first-order valence-electron chi connectivity index (χ1n) is 6.74. The topological polar surface area (TPSA) is 33.1 Å². The van der Waals surface area contributed by atoms with Crippen molar-refractivity contribution in [3.05, 3.63) is 75.4 Å². The molecule has 1 aliphatic carbocycles. The van der Waals surface area contributed by atoms with E-state index >= 15 is 0 Å². The molecule has 0 amide bonds. The summed E-state index contributed by atoms with van der Waals surface area (Å²) in [5, 5.41) is 11.1. The van der Waals surface area contributed by atoms with Gasteiger partial charge in [-0.25, -0.2) is 9.37 Å². The van der Waals surface area contributed by atoms with Crippen LogP contribution in [0.5, 0.6) is 0 Å². The average molecular weight is 297 g/mol. The van der Waals surface area contributed by atoms with Crippen LogP contribution in [0.3, 0.4) is 0 Å². The molecule has 3 aromatic rings. The third-order valence-electron chi connectivity index (χ3n) is 3.74. The Bertz CT molecular complexity index is 813. The first-order chi connectivity index (χ1) is 10.2. The number of rotatable bonds is 2. The van der Waals surface area contributed by atoms with E-state index in [0.717, 1.165) is 27.3 Å². The molecule has 1 aliphatic rings. The monoisotopic (exact) mass is 297 g/mol. The molecule has 1 aromatic heterocycles. The first-order valence-corrected chi connectivity index (χ1v) is 7.55. The Kier molecular flexibility index (Phi) is 2.87. The van der Waals surface area contributed by atoms with Gasteiger partial charge in [-0.2, -0.15) is 0 Å². The van der Waals surface area contributed by atoms with Crippen molar-refractivity contribution in [2.75, 3.05) is 0 Å². The van der Waals surface area contributed by atoms with Crippen LogP contribution in [0, 0.1) is 5.82 Å². The highest BCUT2D eigenvalue weighted by Crippen LogP contribution is 2.41. The Balaban J connectivity index is 1.74. The lowest BCUT2D eigenvalue weighted by molar-refractivity contribution is 0.220. The zero-order valence-corrected chi connectivity index (χ0v) is 11.9. The van der Waals surface area contributed by atoms with Gasteiger partial charge < -0.3 is 5.11 Å². The Morgan fingerprint density at radius 1 is 1.14 bits per heavy atom. The van der Waals surface area contributed by atoms with Gasteiger partial charge in [0.1, 0.15) is 16.9 Å². The number of thiazole rings is 1. The Hall–Kier alpha value is -2.04. The third kappa shape index (κ3) is 2.07. The fraction of sp³-hybridized carbons (Fsp3) is 0.118. The van der Waals surface area contributed by atoms with Crippen molar-refractivity contribution < 1.29 is 9.50 Å². The minimum Gasteiger partial charge on any atom is -0.381 e. The summed E-state index contributed by atoms with van der Waals surface area (Å²) < 4.78 is 13.3. The van der Waals surface area contributed by atoms with Gasteiger partial charge in [0.25, 0.3) is 0 Å². The maximum absolute atomic E-state index is 13.3. The lowest BCUT2D eigenvalue weighted by Gasteiger charge is -2.07. The molecule has 2 nitrogen and oxygen atoms in total. The fourth-order valence-electron chi connectivity index (χ4n) is 2.71. The predicted molar refractivity (Wildman–Crippen MR) is 80.8 cm³/mol. The number of nitrogens with zero attached hydrogens (tertiary/aromatic N) is 1. The second-order valence-corrected chi connectivity index (χ2v) is 6.23. The molecular weight excluding hydrogens is 285 g/mol. The van der Waals surface area contributed by atoms with Crippen molar-refractivity contribution in [1.82, 2.24) is 4.98 Å². The molecule has 0 fully saturated rings. The smallest absolute Gasteiger partial charge is 0.131 e. The van der Waals surface area contributed by atoms with Gasteiger partial charge in [0, 0.05) is 16.9 Å². The first kappa shape index (κ1) is 12.7. The van der Waals surface area contributed by atoms with E-state index < -0.39 is 6.10 Å². The van der Waals surface area contributed by atoms with Gasteiger partial charge in [0.15, 0.2) is 0 Å². The van der Waals surface area contributed by atoms with E-state index in [0.29, 0.717) is 11.4 Å². The molecule has 0 radical (unpaired) electrons. The highest BCUT2D eigenvalue weighted by Gasteiger charge is 2.26. The number of hydrogen-bond acceptors (Lipinski definition) is 3. The van der Waals surface area contributed by atoms with Crippen molar-refractivity contribution in [2.24, 2.45) is 0 Å². The van der Waals surface area contributed by atoms with Crippen molar-refractivity contribution in [3.63, 3.8) is 0 Å². The van der Waals surface area contributed by atoms with E-state index in [-0.39, 0.29) is 5.82 Å². The normalized spacial score (nSPS) is 13.8. The van der Waals surface area contributed by atoms with Crippen molar-refractivity contribution in [2.45, 2.75) is 12.5 Å². The number of halogens is 1. The summed E-state index contributed by atoms with van der Waals surface area (Å²) in [6.45, 7) is 0. The summed E-state index contributed by atoms with van der Waals surface area (Å²) in [5.41, 5.74) is 3.68. The quantitative estimate of drug-likeness (QED) is 0.608. The number of hydrogen-bond donors (Lipinski definition) is 1. The van der Waals surface area contributed by atoms with Gasteiger partial charge in [0.2, 0.25) is 0 Å². The van der Waals surface area contributed by atoms with E-state index in [9.17, 15) is 9.50 Å². The van der Waals surface area contributed by atoms with Crippen molar-refractivity contribution in [3.8, 4) is 11.3 Å². The summed E-state index contributed by atoms with van der Waals surface area (Å²) in [7, 11) is 0. The molecule has 1 N–H and O–H groups in total. The summed E-state index contributed by atoms with van der Waals surface area (Å²) in [6.07, 6.45) is -0.00702. The molecule has 0 spiro atoms. The lowest BCUT2D eigenvalue weighted by Crippen LogP contribution is -1.98. The van der Waals surface area contributed by atoms with Crippen molar-refractivity contribution >= 4 is 11.3 Å². The molecule has 104 valence electrons. The van der Waals surface area contributed by atoms with Gasteiger partial charge in [-0.15, -0.1) is 11.3 Å². The van der Waals surface area contributed by atoms with Crippen LogP contribution in [0.1, 0.15) is 27.1 Å². The molecule has 2 aromatic carbocycles. The minimum absolute atomic E-state index is 0.214. The van der Waals surface area contributed by atoms with Crippen LogP contribution in [0.15, 0.2) is 48.5 Å². The standard InChI is InChI=1S/C17H12FNOS/c18-12-6-7-13-11(8-12)9-14-15(13)19-17(21-14)16(20)10-4-2-1-3-5-10/h1-8,16,20H,9H2. The molecule has 1 atom stereocenters. The van der Waals surface area contributed by atoms with Crippen LogP contribution in [-0.4, -0.2) is 10.1 Å². The SMILES string of the molecule is OC(c1ccccc1)c1nc2c(s1)Cc1cc(F)ccc1-2. The average Bonchev–Trinajstić information content (AvgIpc) is 3.04. The number of aliphatic hydroxyl groups excluding tert-OH is 1. The van der Waals surface area contributed by atoms with E-state index in [1.807, 2.05) is 30.3 Å². The Morgan fingerprint density at radius 3 is 2.76 bits per heavy atom. The number of fused-ring (bicyclic) bond motifs is 3. The maximum Gasteiger partial charge on any atom is 0.131 e. The largest absolute Gasteiger partial charge is 0.381 e. The van der Waals surface area contributed by atoms with E-state index in [1.165, 1.54) is 17.4 Å². The van der Waals surface area contributed by atoms with Crippen LogP contribution < -0.4 is 0 Å². The summed E-state index contributed by atoms with van der Waals surface area (Å²) in [6, 6.07) is 14.3. The third-order valence-corrected chi connectivity index (χ3v) is 4.84. The van der Waals surface area contributed by atoms with Crippen LogP contribution in [-0.2, 0) is 6.42 Å². The molecular formula is C17H12FNOS. The highest BCUT2D eigenvalue weighted by atomic mass is 32.1. The minimum atomic E-state index is -0.703. The number of benzene rings is 2. The lowest BCUT2D eigenvalue weighted by atomic mass is 10.1. The predicted octanol–water partition coefficient (Wildman–Crippen LogP) is 3.94. The van der Waals surface area contributed by atoms with E-state index in [1.54, 1.807) is 12.1 Å². The van der Waals surface area contributed by atoms with E-state index in [2.05, 4.69) is 4.98 Å².